The van der Waals surface area contributed by atoms with Gasteiger partial charge in [-0.2, -0.15) is 4.98 Å². The zero-order valence-corrected chi connectivity index (χ0v) is 12.4. The minimum absolute atomic E-state index is 0.0584. The maximum Gasteiger partial charge on any atom is 0.280 e. The minimum atomic E-state index is -0.846. The third-order valence-corrected chi connectivity index (χ3v) is 3.98. The molecule has 3 atom stereocenters. The molecular formula is C14H15N5O5. The fourth-order valence-electron chi connectivity index (χ4n) is 2.89. The Kier molecular flexibility index (Phi) is 3.37. The Bertz CT molecular complexity index is 931. The second kappa shape index (κ2) is 5.44. The molecule has 126 valence electrons. The molecular weight excluding hydrogens is 318 g/mol. The highest BCUT2D eigenvalue weighted by molar-refractivity contribution is 5.76. The standard InChI is InChI=1S/C14H15N5O5/c15-14-17-12-10(13(22)18-14)16-11(7-2-1-3-23-7)19(12)9-4-6(21)8(5-20)24-9/h1-3,6,8-9,20-21H,4-5H2,(H3,15,17,18,22)/t6?,8-,9-/m1/s1. The van der Waals surface area contributed by atoms with E-state index in [-0.39, 0.29) is 30.1 Å². The highest BCUT2D eigenvalue weighted by atomic mass is 16.5. The van der Waals surface area contributed by atoms with Crippen LogP contribution in [-0.2, 0) is 4.74 Å². The van der Waals surface area contributed by atoms with E-state index in [0.29, 0.717) is 11.6 Å². The van der Waals surface area contributed by atoms with Gasteiger partial charge in [-0.3, -0.25) is 14.3 Å². The van der Waals surface area contributed by atoms with E-state index in [1.807, 2.05) is 0 Å². The van der Waals surface area contributed by atoms with Crippen LogP contribution in [-0.4, -0.2) is 48.5 Å². The van der Waals surface area contributed by atoms with Crippen molar-refractivity contribution in [2.45, 2.75) is 24.9 Å². The molecule has 5 N–H and O–H groups in total. The summed E-state index contributed by atoms with van der Waals surface area (Å²) in [5, 5.41) is 19.3. The molecule has 4 heterocycles. The fraction of sp³-hybridized carbons (Fsp3) is 0.357. The quantitative estimate of drug-likeness (QED) is 0.505. The molecule has 4 rings (SSSR count). The first-order chi connectivity index (χ1) is 11.6. The van der Waals surface area contributed by atoms with Gasteiger partial charge in [-0.1, -0.05) is 0 Å². The first-order valence-electron chi connectivity index (χ1n) is 7.34. The number of nitrogens with zero attached hydrogens (tertiary/aromatic N) is 3. The van der Waals surface area contributed by atoms with Gasteiger partial charge in [0.1, 0.15) is 12.3 Å². The molecule has 0 radical (unpaired) electrons. The number of nitrogens with two attached hydrogens (primary N) is 1. The summed E-state index contributed by atoms with van der Waals surface area (Å²) in [5.41, 5.74) is 5.46. The van der Waals surface area contributed by atoms with Gasteiger partial charge in [-0.05, 0) is 12.1 Å². The number of aromatic nitrogens is 4. The average Bonchev–Trinajstić information content (AvgIpc) is 3.24. The molecule has 0 bridgehead atoms. The van der Waals surface area contributed by atoms with Gasteiger partial charge in [0.25, 0.3) is 5.56 Å². The molecule has 0 spiro atoms. The monoisotopic (exact) mass is 333 g/mol. The number of hydrogen-bond donors (Lipinski definition) is 4. The SMILES string of the molecule is Nc1nc2c(nc(-c3ccco3)n2[C@H]2CC(O)[C@@H](CO)O2)c(=O)[nH]1. The maximum atomic E-state index is 12.1. The van der Waals surface area contributed by atoms with Gasteiger partial charge in [-0.25, -0.2) is 4.98 Å². The van der Waals surface area contributed by atoms with Gasteiger partial charge in [-0.15, -0.1) is 0 Å². The van der Waals surface area contributed by atoms with Crippen LogP contribution in [0.15, 0.2) is 27.6 Å². The van der Waals surface area contributed by atoms with Crippen molar-refractivity contribution in [1.82, 2.24) is 19.5 Å². The summed E-state index contributed by atoms with van der Waals surface area (Å²) >= 11 is 0. The van der Waals surface area contributed by atoms with Crippen LogP contribution in [0.25, 0.3) is 22.7 Å². The molecule has 0 aromatic carbocycles. The molecule has 3 aromatic rings. The van der Waals surface area contributed by atoms with Crippen molar-refractivity contribution >= 4 is 17.1 Å². The second-order valence-corrected chi connectivity index (χ2v) is 5.52. The Labute approximate surface area is 134 Å². The van der Waals surface area contributed by atoms with Gasteiger partial charge < -0.3 is 25.1 Å². The molecule has 3 aromatic heterocycles. The first kappa shape index (κ1) is 14.9. The number of furan rings is 1. The zero-order valence-electron chi connectivity index (χ0n) is 12.4. The van der Waals surface area contributed by atoms with Gasteiger partial charge in [0.05, 0.1) is 19.0 Å². The number of fused-ring (bicyclic) bond motifs is 1. The molecule has 24 heavy (non-hydrogen) atoms. The molecule has 1 fully saturated rings. The Balaban J connectivity index is 1.95. The number of nitrogens with one attached hydrogen (secondary N) is 1. The van der Waals surface area contributed by atoms with Crippen molar-refractivity contribution in [1.29, 1.82) is 0 Å². The fourth-order valence-corrected chi connectivity index (χ4v) is 2.89. The molecule has 10 heteroatoms. The lowest BCUT2D eigenvalue weighted by Crippen LogP contribution is -2.24. The van der Waals surface area contributed by atoms with E-state index in [1.54, 1.807) is 16.7 Å². The smallest absolute Gasteiger partial charge is 0.280 e. The Hall–Kier alpha value is -2.69. The molecule has 1 unspecified atom stereocenters. The zero-order chi connectivity index (χ0) is 16.8. The summed E-state index contributed by atoms with van der Waals surface area (Å²) in [7, 11) is 0. The molecule has 1 saturated heterocycles. The molecule has 1 aliphatic rings. The molecule has 1 aliphatic heterocycles. The lowest BCUT2D eigenvalue weighted by atomic mass is 10.2. The van der Waals surface area contributed by atoms with Gasteiger partial charge in [0.15, 0.2) is 22.7 Å². The lowest BCUT2D eigenvalue weighted by molar-refractivity contribution is -0.0427. The first-order valence-corrected chi connectivity index (χ1v) is 7.34. The van der Waals surface area contributed by atoms with Crippen molar-refractivity contribution in [3.05, 3.63) is 28.7 Å². The van der Waals surface area contributed by atoms with Crippen molar-refractivity contribution in [2.75, 3.05) is 12.3 Å². The van der Waals surface area contributed by atoms with E-state index >= 15 is 0 Å². The number of hydrogen-bond acceptors (Lipinski definition) is 8. The number of aromatic amines is 1. The predicted octanol–water partition coefficient (Wildman–Crippen LogP) is -0.398. The number of imidazole rings is 1. The summed E-state index contributed by atoms with van der Waals surface area (Å²) in [6, 6.07) is 3.37. The van der Waals surface area contributed by atoms with E-state index < -0.39 is 24.0 Å². The normalized spacial score (nSPS) is 24.0. The van der Waals surface area contributed by atoms with Crippen molar-refractivity contribution in [3.8, 4) is 11.6 Å². The summed E-state index contributed by atoms with van der Waals surface area (Å²) in [5.74, 6) is 0.683. The number of anilines is 1. The summed E-state index contributed by atoms with van der Waals surface area (Å²) < 4.78 is 12.6. The highest BCUT2D eigenvalue weighted by Gasteiger charge is 2.37. The predicted molar refractivity (Wildman–Crippen MR) is 81.9 cm³/mol. The molecule has 10 nitrogen and oxygen atoms in total. The minimum Gasteiger partial charge on any atom is -0.461 e. The van der Waals surface area contributed by atoms with Crippen LogP contribution < -0.4 is 11.3 Å². The van der Waals surface area contributed by atoms with Crippen LogP contribution in [0, 0.1) is 0 Å². The van der Waals surface area contributed by atoms with Gasteiger partial charge >= 0.3 is 0 Å². The van der Waals surface area contributed by atoms with Crippen molar-refractivity contribution in [3.63, 3.8) is 0 Å². The maximum absolute atomic E-state index is 12.1. The Morgan fingerprint density at radius 2 is 2.29 bits per heavy atom. The van der Waals surface area contributed by atoms with E-state index in [4.69, 9.17) is 14.9 Å². The second-order valence-electron chi connectivity index (χ2n) is 5.52. The van der Waals surface area contributed by atoms with E-state index in [1.165, 1.54) is 6.26 Å². The van der Waals surface area contributed by atoms with Crippen molar-refractivity contribution < 1.29 is 19.4 Å². The van der Waals surface area contributed by atoms with Crippen LogP contribution in [0.4, 0.5) is 5.95 Å². The topological polar surface area (TPSA) is 152 Å². The van der Waals surface area contributed by atoms with Crippen LogP contribution in [0.3, 0.4) is 0 Å². The van der Waals surface area contributed by atoms with Gasteiger partial charge in [0, 0.05) is 6.42 Å². The number of nitrogen functional groups attached to an aromatic ring is 1. The highest BCUT2D eigenvalue weighted by Crippen LogP contribution is 2.35. The lowest BCUT2D eigenvalue weighted by Gasteiger charge is -2.15. The number of rotatable bonds is 3. The van der Waals surface area contributed by atoms with Crippen molar-refractivity contribution in [2.24, 2.45) is 0 Å². The molecule has 0 aliphatic carbocycles. The molecule has 0 saturated carbocycles. The van der Waals surface area contributed by atoms with E-state index in [2.05, 4.69) is 15.0 Å². The third kappa shape index (κ3) is 2.19. The van der Waals surface area contributed by atoms with Crippen LogP contribution in [0.2, 0.25) is 0 Å². The summed E-state index contributed by atoms with van der Waals surface area (Å²) in [4.78, 5) is 23.0. The number of H-pyrrole nitrogens is 1. The Morgan fingerprint density at radius 3 is 2.96 bits per heavy atom. The third-order valence-electron chi connectivity index (χ3n) is 3.98. The van der Waals surface area contributed by atoms with Crippen LogP contribution >= 0.6 is 0 Å². The number of aliphatic hydroxyl groups is 2. The number of aliphatic hydroxyl groups excluding tert-OH is 2. The van der Waals surface area contributed by atoms with E-state index in [0.717, 1.165) is 0 Å². The average molecular weight is 333 g/mol. The van der Waals surface area contributed by atoms with Crippen LogP contribution in [0.1, 0.15) is 12.6 Å². The largest absolute Gasteiger partial charge is 0.461 e. The van der Waals surface area contributed by atoms with Gasteiger partial charge in [0.2, 0.25) is 5.95 Å². The summed E-state index contributed by atoms with van der Waals surface area (Å²) in [6.45, 7) is -0.323. The van der Waals surface area contributed by atoms with E-state index in [9.17, 15) is 15.0 Å². The Morgan fingerprint density at radius 1 is 1.46 bits per heavy atom. The summed E-state index contributed by atoms with van der Waals surface area (Å²) in [6.07, 6.45) is -0.557. The number of ether oxygens (including phenoxy) is 1. The van der Waals surface area contributed by atoms with Crippen LogP contribution in [0.5, 0.6) is 0 Å². The molecule has 0 amide bonds.